The zero-order valence-electron chi connectivity index (χ0n) is 24.3. The van der Waals surface area contributed by atoms with Gasteiger partial charge in [0.25, 0.3) is 10.0 Å². The van der Waals surface area contributed by atoms with Crippen LogP contribution >= 0.6 is 0 Å². The minimum absolute atomic E-state index is 0.0135. The van der Waals surface area contributed by atoms with Crippen molar-refractivity contribution in [3.05, 3.63) is 65.7 Å². The summed E-state index contributed by atoms with van der Waals surface area (Å²) in [5.74, 6) is -1.14. The lowest BCUT2D eigenvalue weighted by molar-refractivity contribution is -0.138. The Morgan fingerprint density at radius 2 is 1.69 bits per heavy atom. The number of carbonyl (C=O) groups is 1. The Bertz CT molecular complexity index is 1640. The number of fused-ring (bicyclic) bond motifs is 6. The molecule has 0 amide bonds. The zero-order chi connectivity index (χ0) is 33.0. The van der Waals surface area contributed by atoms with Crippen LogP contribution in [0, 0.1) is 0 Å². The summed E-state index contributed by atoms with van der Waals surface area (Å²) >= 11 is 0. The van der Waals surface area contributed by atoms with E-state index >= 15 is 0 Å². The molecule has 0 aliphatic carbocycles. The summed E-state index contributed by atoms with van der Waals surface area (Å²) in [6.45, 7) is 0.713. The van der Waals surface area contributed by atoms with Gasteiger partial charge in [0.05, 0.1) is 26.9 Å². The predicted molar refractivity (Wildman–Crippen MR) is 166 cm³/mol. The van der Waals surface area contributed by atoms with Crippen molar-refractivity contribution in [1.82, 2.24) is 9.97 Å². The van der Waals surface area contributed by atoms with Crippen molar-refractivity contribution in [2.75, 3.05) is 22.7 Å². The summed E-state index contributed by atoms with van der Waals surface area (Å²) < 4.78 is 71.7. The van der Waals surface area contributed by atoms with E-state index in [1.165, 1.54) is 36.4 Å². The molecule has 0 fully saturated rings. The fraction of sp³-hybridized carbons (Fsp3) is 0.414. The molecule has 4 bridgehead atoms. The molecule has 3 heterocycles. The highest BCUT2D eigenvalue weighted by Gasteiger charge is 2.42. The maximum Gasteiger partial charge on any atom is 0.418 e. The highest BCUT2D eigenvalue weighted by Crippen LogP contribution is 2.47. The molecule has 232 valence electrons. The lowest BCUT2D eigenvalue weighted by atomic mass is 9.38. The largest absolute Gasteiger partial charge is 0.481 e. The number of aliphatic hydroxyl groups is 1. The highest BCUT2D eigenvalue weighted by atomic mass is 32.2. The molecule has 1 aliphatic heterocycles. The van der Waals surface area contributed by atoms with Crippen LogP contribution in [0.5, 0.6) is 0 Å². The Balaban J connectivity index is 1.85. The molecule has 4 rings (SSSR count). The van der Waals surface area contributed by atoms with Gasteiger partial charge in [-0.15, -0.1) is 0 Å². The van der Waals surface area contributed by atoms with Crippen molar-refractivity contribution in [1.29, 1.82) is 0 Å². The van der Waals surface area contributed by atoms with Gasteiger partial charge >= 0.3 is 12.1 Å². The quantitative estimate of drug-likeness (QED) is 0.360. The molecule has 16 heteroatoms. The molecule has 0 spiro atoms. The first-order valence-electron chi connectivity index (χ1n) is 14.3. The maximum atomic E-state index is 14.2. The predicted octanol–water partition coefficient (Wildman–Crippen LogP) is 4.37. The van der Waals surface area contributed by atoms with Gasteiger partial charge in [-0.2, -0.15) is 21.6 Å². The van der Waals surface area contributed by atoms with Crippen LogP contribution < -0.4 is 9.62 Å². The Hall–Kier alpha value is -3.52. The van der Waals surface area contributed by atoms with Crippen LogP contribution in [0.3, 0.4) is 0 Å². The molecule has 2 aromatic heterocycles. The minimum atomic E-state index is -4.92. The van der Waals surface area contributed by atoms with Gasteiger partial charge in [-0.1, -0.05) is 61.2 Å². The van der Waals surface area contributed by atoms with Crippen LogP contribution in [0.1, 0.15) is 56.1 Å². The number of aromatic nitrogens is 2. The molecular weight excluding hydrogens is 606 g/mol. The van der Waals surface area contributed by atoms with E-state index in [0.29, 0.717) is 38.3 Å². The van der Waals surface area contributed by atoms with Crippen molar-refractivity contribution in [2.45, 2.75) is 66.9 Å². The van der Waals surface area contributed by atoms with Crippen LogP contribution in [0.15, 0.2) is 59.6 Å². The van der Waals surface area contributed by atoms with Crippen LogP contribution in [0.2, 0.25) is 5.21 Å². The monoisotopic (exact) mass is 636 g/mol. The summed E-state index contributed by atoms with van der Waals surface area (Å²) in [6, 6.07) is 11.2. The van der Waals surface area contributed by atoms with Gasteiger partial charge in [0.15, 0.2) is 5.03 Å². The summed E-state index contributed by atoms with van der Waals surface area (Å²) in [6.07, 6.45) is -2.42. The summed E-state index contributed by atoms with van der Waals surface area (Å²) in [5.41, 5.74) is -4.90. The zero-order valence-corrected chi connectivity index (χ0v) is 25.1. The van der Waals surface area contributed by atoms with Crippen molar-refractivity contribution >= 4 is 51.2 Å². The summed E-state index contributed by atoms with van der Waals surface area (Å²) in [5, 5.41) is 18.2. The molecule has 1 unspecified atom stereocenters. The second kappa shape index (κ2) is 13.5. The molecule has 0 saturated carbocycles. The number of carboxylic acids is 1. The van der Waals surface area contributed by atoms with Crippen LogP contribution in [0.25, 0.3) is 11.3 Å². The first kappa shape index (κ1) is 34.4. The van der Waals surface area contributed by atoms with E-state index in [-0.39, 0.29) is 42.8 Å². The third-order valence-corrected chi connectivity index (χ3v) is 8.89. The van der Waals surface area contributed by atoms with Gasteiger partial charge in [0.1, 0.15) is 19.5 Å². The van der Waals surface area contributed by atoms with Crippen molar-refractivity contribution < 1.29 is 36.6 Å². The Kier molecular flexibility index (Phi) is 10.3. The number of benzene rings is 1. The third kappa shape index (κ3) is 8.02. The number of pyridine rings is 2. The molecule has 3 N–H and O–H groups in total. The average Bonchev–Trinajstić information content (AvgIpc) is 2.96. The molecule has 0 saturated heterocycles. The number of hydrogen-bond donors (Lipinski definition) is 3. The van der Waals surface area contributed by atoms with Crippen molar-refractivity contribution in [3.8, 4) is 11.3 Å². The van der Waals surface area contributed by atoms with E-state index in [1.54, 1.807) is 11.0 Å². The lowest BCUT2D eigenvalue weighted by Gasteiger charge is -2.44. The van der Waals surface area contributed by atoms with Crippen LogP contribution in [-0.2, 0) is 26.5 Å². The third-order valence-electron chi connectivity index (χ3n) is 7.64. The number of hydrogen-bond acceptors (Lipinski definition) is 7. The molecule has 45 heavy (non-hydrogen) atoms. The number of nitrogens with zero attached hydrogens (tertiary/aromatic N) is 3. The van der Waals surface area contributed by atoms with Crippen molar-refractivity contribution in [2.24, 2.45) is 0 Å². The number of anilines is 2. The number of alkyl halides is 3. The van der Waals surface area contributed by atoms with Gasteiger partial charge in [-0.3, -0.25) is 9.52 Å². The number of carboxylic acid groups (broad SMARTS) is 1. The maximum absolute atomic E-state index is 14.2. The number of sulfonamides is 1. The van der Waals surface area contributed by atoms with E-state index in [1.807, 2.05) is 0 Å². The highest BCUT2D eigenvalue weighted by molar-refractivity contribution is 7.92. The van der Waals surface area contributed by atoms with E-state index in [4.69, 9.17) is 28.6 Å². The van der Waals surface area contributed by atoms with Crippen LogP contribution in [0.4, 0.5) is 24.8 Å². The lowest BCUT2D eigenvalue weighted by Crippen LogP contribution is -2.42. The molecule has 1 atom stereocenters. The van der Waals surface area contributed by atoms with E-state index in [9.17, 15) is 31.5 Å². The Morgan fingerprint density at radius 1 is 0.978 bits per heavy atom. The fourth-order valence-corrected chi connectivity index (χ4v) is 6.13. The normalized spacial score (nSPS) is 20.5. The molecule has 1 aromatic carbocycles. The molecule has 6 radical (unpaired) electrons. The average molecular weight is 636 g/mol. The Morgan fingerprint density at radius 3 is 2.40 bits per heavy atom. The van der Waals surface area contributed by atoms with Gasteiger partial charge < -0.3 is 15.1 Å². The van der Waals surface area contributed by atoms with Gasteiger partial charge in [0.2, 0.25) is 0 Å². The first-order valence-corrected chi connectivity index (χ1v) is 15.7. The SMILES string of the molecule is [B]C1([B])CCCCCCN(CCCC(=O)O)c2cccc(n2)S(=O)(=O)Nc2ccc(C(F)(F)F)c(n2)-c2ccccc2C1([B])O. The van der Waals surface area contributed by atoms with E-state index < -0.39 is 55.0 Å². The van der Waals surface area contributed by atoms with Gasteiger partial charge in [-0.25, -0.2) is 9.97 Å². The summed E-state index contributed by atoms with van der Waals surface area (Å²) in [4.78, 5) is 21.2. The standard InChI is InChI=1S/C29H30B3F3N4O5S/c30-27(31)16-5-1-2-6-17-39(18-8-13-25(40)41)23-11-7-12-24(37-23)45(43,44)38-22-15-14-21(29(33,34)35)26(36-22)19-9-3-4-10-20(19)28(27,32)42/h3-4,7,9-12,14-15,42H,1-2,5-6,8,13,16-18H2,(H,36,38)(H,40,41). The second-order valence-electron chi connectivity index (χ2n) is 11.0. The number of nitrogens with one attached hydrogen (secondary N) is 1. The number of aliphatic carboxylic acids is 1. The topological polar surface area (TPSA) is 133 Å². The second-order valence-corrected chi connectivity index (χ2v) is 12.7. The number of halogens is 3. The van der Waals surface area contributed by atoms with Gasteiger partial charge in [-0.05, 0) is 42.7 Å². The fourth-order valence-electron chi connectivity index (χ4n) is 5.17. The molecular formula is C29H30B3F3N4O5S. The molecule has 9 nitrogen and oxygen atoms in total. The van der Waals surface area contributed by atoms with E-state index in [2.05, 4.69) is 14.7 Å². The van der Waals surface area contributed by atoms with Crippen LogP contribution in [-0.4, -0.2) is 71.2 Å². The molecule has 3 aromatic rings. The first-order chi connectivity index (χ1) is 21.0. The Labute approximate surface area is 263 Å². The van der Waals surface area contributed by atoms with Gasteiger partial charge in [0, 0.05) is 30.6 Å². The molecule has 1 aliphatic rings. The van der Waals surface area contributed by atoms with Crippen molar-refractivity contribution in [3.63, 3.8) is 0 Å². The smallest absolute Gasteiger partial charge is 0.418 e. The minimum Gasteiger partial charge on any atom is -0.481 e. The number of rotatable bonds is 4. The summed E-state index contributed by atoms with van der Waals surface area (Å²) in [7, 11) is 14.5. The van der Waals surface area contributed by atoms with E-state index in [0.717, 1.165) is 6.07 Å².